The maximum absolute atomic E-state index is 10.9. The minimum absolute atomic E-state index is 0.124. The van der Waals surface area contributed by atoms with Crippen molar-refractivity contribution in [3.8, 4) is 0 Å². The fourth-order valence-electron chi connectivity index (χ4n) is 2.74. The molecule has 23 heavy (non-hydrogen) atoms. The summed E-state index contributed by atoms with van der Waals surface area (Å²) in [7, 11) is 1.43. The van der Waals surface area contributed by atoms with E-state index < -0.39 is 0 Å². The molecular formula is C19H34O4. The monoisotopic (exact) mass is 326 g/mol. The van der Waals surface area contributed by atoms with Gasteiger partial charge in [-0.2, -0.15) is 0 Å². The average Bonchev–Trinajstić information content (AvgIpc) is 3.30. The van der Waals surface area contributed by atoms with Crippen molar-refractivity contribution in [2.24, 2.45) is 0 Å². The normalized spacial score (nSPS) is 21.5. The third kappa shape index (κ3) is 10.5. The Hall–Kier alpha value is -0.870. The molecule has 0 aliphatic carbocycles. The van der Waals surface area contributed by atoms with E-state index in [0.29, 0.717) is 12.5 Å². The summed E-state index contributed by atoms with van der Waals surface area (Å²) < 4.78 is 10.2. The minimum Gasteiger partial charge on any atom is -0.469 e. The summed E-state index contributed by atoms with van der Waals surface area (Å²) in [5.74, 6) is -0.124. The van der Waals surface area contributed by atoms with Crippen molar-refractivity contribution in [1.82, 2.24) is 0 Å². The molecule has 3 atom stereocenters. The number of aliphatic hydroxyl groups excluding tert-OH is 1. The number of esters is 1. The molecule has 1 heterocycles. The predicted molar refractivity (Wildman–Crippen MR) is 92.3 cm³/mol. The van der Waals surface area contributed by atoms with Crippen LogP contribution < -0.4 is 0 Å². The van der Waals surface area contributed by atoms with Crippen molar-refractivity contribution in [1.29, 1.82) is 0 Å². The molecule has 0 bridgehead atoms. The van der Waals surface area contributed by atoms with Crippen LogP contribution in [0, 0.1) is 0 Å². The van der Waals surface area contributed by atoms with Gasteiger partial charge in [0, 0.05) is 6.42 Å². The number of ether oxygens (including phenoxy) is 2. The molecule has 0 amide bonds. The third-order valence-corrected chi connectivity index (χ3v) is 4.35. The van der Waals surface area contributed by atoms with Gasteiger partial charge in [-0.3, -0.25) is 4.79 Å². The quantitative estimate of drug-likeness (QED) is 0.225. The fraction of sp³-hybridized carbons (Fsp3) is 0.842. The predicted octanol–water partition coefficient (Wildman–Crippen LogP) is 4.15. The maximum Gasteiger partial charge on any atom is 0.305 e. The Balaban J connectivity index is 1.92. The Morgan fingerprint density at radius 1 is 1.17 bits per heavy atom. The van der Waals surface area contributed by atoms with Gasteiger partial charge in [0.2, 0.25) is 0 Å². The van der Waals surface area contributed by atoms with E-state index in [1.807, 2.05) is 12.2 Å². The van der Waals surface area contributed by atoms with E-state index in [4.69, 9.17) is 4.74 Å². The molecule has 1 rings (SSSR count). The molecule has 1 aliphatic heterocycles. The smallest absolute Gasteiger partial charge is 0.305 e. The summed E-state index contributed by atoms with van der Waals surface area (Å²) in [6.45, 7) is 2.21. The van der Waals surface area contributed by atoms with Crippen LogP contribution in [0.1, 0.15) is 77.6 Å². The summed E-state index contributed by atoms with van der Waals surface area (Å²) in [6.07, 6.45) is 15.6. The first-order valence-corrected chi connectivity index (χ1v) is 9.26. The molecule has 134 valence electrons. The molecule has 0 aromatic heterocycles. The number of carbonyl (C=O) groups excluding carboxylic acids is 1. The number of hydrogen-bond acceptors (Lipinski definition) is 4. The Labute approximate surface area is 141 Å². The lowest BCUT2D eigenvalue weighted by molar-refractivity contribution is -0.140. The molecule has 0 saturated carbocycles. The molecule has 3 unspecified atom stereocenters. The van der Waals surface area contributed by atoms with Gasteiger partial charge in [-0.15, -0.1) is 0 Å². The number of aliphatic hydroxyl groups is 1. The molecule has 0 radical (unpaired) electrons. The molecule has 1 saturated heterocycles. The summed E-state index contributed by atoms with van der Waals surface area (Å²) in [5.41, 5.74) is 0. The summed E-state index contributed by atoms with van der Waals surface area (Å²) in [6, 6.07) is 0. The topological polar surface area (TPSA) is 59.1 Å². The van der Waals surface area contributed by atoms with Gasteiger partial charge < -0.3 is 14.6 Å². The van der Waals surface area contributed by atoms with Crippen molar-refractivity contribution in [2.75, 3.05) is 7.11 Å². The zero-order chi connectivity index (χ0) is 16.9. The Kier molecular flexibility index (Phi) is 11.0. The lowest BCUT2D eigenvalue weighted by Crippen LogP contribution is -2.03. The number of epoxide rings is 1. The zero-order valence-electron chi connectivity index (χ0n) is 14.8. The first kappa shape index (κ1) is 20.2. The van der Waals surface area contributed by atoms with E-state index >= 15 is 0 Å². The molecule has 4 heteroatoms. The number of methoxy groups -OCH3 is 1. The van der Waals surface area contributed by atoms with Gasteiger partial charge in [0.1, 0.15) is 6.10 Å². The van der Waals surface area contributed by atoms with E-state index in [2.05, 4.69) is 11.7 Å². The lowest BCUT2D eigenvalue weighted by Gasteiger charge is -2.05. The highest BCUT2D eigenvalue weighted by Gasteiger charge is 2.35. The second-order valence-electron chi connectivity index (χ2n) is 6.47. The number of hydrogen-bond donors (Lipinski definition) is 1. The van der Waals surface area contributed by atoms with Gasteiger partial charge in [-0.05, 0) is 19.3 Å². The molecule has 4 nitrogen and oxygen atoms in total. The summed E-state index contributed by atoms with van der Waals surface area (Å²) in [4.78, 5) is 10.9. The average molecular weight is 326 g/mol. The first-order chi connectivity index (χ1) is 11.2. The molecule has 1 fully saturated rings. The second-order valence-corrected chi connectivity index (χ2v) is 6.47. The van der Waals surface area contributed by atoms with Gasteiger partial charge in [-0.1, -0.05) is 64.0 Å². The molecule has 0 aromatic rings. The number of unbranched alkanes of at least 4 members (excludes halogenated alkanes) is 6. The van der Waals surface area contributed by atoms with Gasteiger partial charge in [0.25, 0.3) is 0 Å². The zero-order valence-corrected chi connectivity index (χ0v) is 14.8. The van der Waals surface area contributed by atoms with Gasteiger partial charge in [-0.25, -0.2) is 0 Å². The van der Waals surface area contributed by atoms with Crippen LogP contribution in [0.4, 0.5) is 0 Å². The number of carbonyl (C=O) groups is 1. The van der Waals surface area contributed by atoms with Crippen LogP contribution in [-0.2, 0) is 14.3 Å². The van der Waals surface area contributed by atoms with Crippen LogP contribution >= 0.6 is 0 Å². The van der Waals surface area contributed by atoms with Crippen molar-refractivity contribution in [3.63, 3.8) is 0 Å². The molecule has 1 N–H and O–H groups in total. The van der Waals surface area contributed by atoms with Crippen LogP contribution in [0.3, 0.4) is 0 Å². The van der Waals surface area contributed by atoms with Gasteiger partial charge in [0.15, 0.2) is 0 Å². The molecule has 1 aliphatic rings. The maximum atomic E-state index is 10.9. The van der Waals surface area contributed by atoms with Crippen molar-refractivity contribution >= 4 is 5.97 Å². The van der Waals surface area contributed by atoms with E-state index in [1.165, 1.54) is 26.4 Å². The van der Waals surface area contributed by atoms with Crippen LogP contribution in [0.25, 0.3) is 0 Å². The first-order valence-electron chi connectivity index (χ1n) is 9.26. The third-order valence-electron chi connectivity index (χ3n) is 4.35. The standard InChI is InChI=1S/C19H34O4/c1-3-4-8-12-17-18(23-17)15-14-16(20)11-9-6-5-7-10-13-19(21)22-2/h14-18,20H,3-13H2,1-2H3. The van der Waals surface area contributed by atoms with Crippen molar-refractivity contribution < 1.29 is 19.4 Å². The Morgan fingerprint density at radius 3 is 2.65 bits per heavy atom. The highest BCUT2D eigenvalue weighted by molar-refractivity contribution is 5.68. The summed E-state index contributed by atoms with van der Waals surface area (Å²) >= 11 is 0. The molecular weight excluding hydrogens is 292 g/mol. The van der Waals surface area contributed by atoms with Crippen LogP contribution in [-0.4, -0.2) is 36.5 Å². The number of rotatable bonds is 14. The summed E-state index contributed by atoms with van der Waals surface area (Å²) in [5, 5.41) is 9.93. The van der Waals surface area contributed by atoms with Gasteiger partial charge >= 0.3 is 5.97 Å². The molecule has 0 aromatic carbocycles. The second kappa shape index (κ2) is 12.5. The minimum atomic E-state index is -0.356. The highest BCUT2D eigenvalue weighted by atomic mass is 16.6. The fourth-order valence-corrected chi connectivity index (χ4v) is 2.74. The van der Waals surface area contributed by atoms with E-state index in [0.717, 1.165) is 44.9 Å². The van der Waals surface area contributed by atoms with Crippen LogP contribution in [0.15, 0.2) is 12.2 Å². The van der Waals surface area contributed by atoms with Crippen LogP contribution in [0.5, 0.6) is 0 Å². The van der Waals surface area contributed by atoms with E-state index in [1.54, 1.807) is 0 Å². The largest absolute Gasteiger partial charge is 0.469 e. The highest BCUT2D eigenvalue weighted by Crippen LogP contribution is 2.28. The molecule has 0 spiro atoms. The Bertz CT molecular complexity index is 340. The SMILES string of the molecule is CCCCCC1OC1C=CC(O)CCCCCCCC(=O)OC. The van der Waals surface area contributed by atoms with E-state index in [-0.39, 0.29) is 18.2 Å². The van der Waals surface area contributed by atoms with Crippen LogP contribution in [0.2, 0.25) is 0 Å². The van der Waals surface area contributed by atoms with Crippen molar-refractivity contribution in [3.05, 3.63) is 12.2 Å². The Morgan fingerprint density at radius 2 is 1.91 bits per heavy atom. The van der Waals surface area contributed by atoms with Crippen molar-refractivity contribution in [2.45, 2.75) is 95.9 Å². The van der Waals surface area contributed by atoms with Gasteiger partial charge in [0.05, 0.1) is 19.3 Å². The van der Waals surface area contributed by atoms with E-state index in [9.17, 15) is 9.90 Å². The lowest BCUT2D eigenvalue weighted by atomic mass is 10.1.